The van der Waals surface area contributed by atoms with Crippen molar-refractivity contribution in [1.29, 1.82) is 0 Å². The van der Waals surface area contributed by atoms with Gasteiger partial charge in [-0.25, -0.2) is 0 Å². The number of amides is 1. The van der Waals surface area contributed by atoms with Crippen LogP contribution in [0.3, 0.4) is 0 Å². The van der Waals surface area contributed by atoms with Crippen LogP contribution in [-0.2, 0) is 6.54 Å². The van der Waals surface area contributed by atoms with Crippen LogP contribution in [-0.4, -0.2) is 48.3 Å². The molecule has 0 atom stereocenters. The van der Waals surface area contributed by atoms with Crippen LogP contribution < -0.4 is 14.8 Å². The second-order valence-corrected chi connectivity index (χ2v) is 5.33. The van der Waals surface area contributed by atoms with Crippen LogP contribution in [0.15, 0.2) is 24.3 Å². The number of anilines is 1. The van der Waals surface area contributed by atoms with Crippen LogP contribution in [0.4, 0.5) is 5.82 Å². The van der Waals surface area contributed by atoms with Gasteiger partial charge in [-0.2, -0.15) is 5.10 Å². The summed E-state index contributed by atoms with van der Waals surface area (Å²) in [6.07, 6.45) is 0. The quantitative estimate of drug-likeness (QED) is 0.894. The smallest absolute Gasteiger partial charge is 0.257 e. The van der Waals surface area contributed by atoms with Gasteiger partial charge < -0.3 is 19.7 Å². The van der Waals surface area contributed by atoms with E-state index >= 15 is 0 Å². The van der Waals surface area contributed by atoms with E-state index in [2.05, 4.69) is 15.5 Å². The molecule has 0 spiro atoms. The van der Waals surface area contributed by atoms with Gasteiger partial charge in [-0.05, 0) is 32.3 Å². The molecule has 0 bridgehead atoms. The lowest BCUT2D eigenvalue weighted by Crippen LogP contribution is -2.17. The molecule has 1 aliphatic rings. The maximum atomic E-state index is 12.3. The van der Waals surface area contributed by atoms with E-state index in [0.717, 1.165) is 12.2 Å². The van der Waals surface area contributed by atoms with Gasteiger partial charge in [0.1, 0.15) is 13.2 Å². The van der Waals surface area contributed by atoms with Crippen LogP contribution in [0.2, 0.25) is 0 Å². The van der Waals surface area contributed by atoms with E-state index in [-0.39, 0.29) is 5.91 Å². The third-order valence-corrected chi connectivity index (χ3v) is 3.16. The molecular weight excluding hydrogens is 284 g/mol. The van der Waals surface area contributed by atoms with Crippen molar-refractivity contribution >= 4 is 11.7 Å². The molecule has 2 aromatic rings. The van der Waals surface area contributed by atoms with Crippen molar-refractivity contribution in [3.63, 3.8) is 0 Å². The van der Waals surface area contributed by atoms with Crippen molar-refractivity contribution in [2.75, 3.05) is 32.6 Å². The van der Waals surface area contributed by atoms with Gasteiger partial charge in [-0.15, -0.1) is 0 Å². The molecule has 1 amide bonds. The van der Waals surface area contributed by atoms with Crippen molar-refractivity contribution in [3.05, 3.63) is 35.5 Å². The Labute approximate surface area is 128 Å². The summed E-state index contributed by atoms with van der Waals surface area (Å²) in [4.78, 5) is 14.3. The summed E-state index contributed by atoms with van der Waals surface area (Å²) in [6.45, 7) is 1.75. The fourth-order valence-corrected chi connectivity index (χ4v) is 2.22. The molecule has 0 radical (unpaired) electrons. The van der Waals surface area contributed by atoms with Gasteiger partial charge in [-0.1, -0.05) is 0 Å². The number of hydrogen-bond acceptors (Lipinski definition) is 5. The Morgan fingerprint density at radius 3 is 2.82 bits per heavy atom. The first-order valence-electron chi connectivity index (χ1n) is 7.02. The van der Waals surface area contributed by atoms with Gasteiger partial charge in [0.05, 0.1) is 5.69 Å². The monoisotopic (exact) mass is 302 g/mol. The third-order valence-electron chi connectivity index (χ3n) is 3.16. The van der Waals surface area contributed by atoms with Crippen molar-refractivity contribution in [1.82, 2.24) is 15.1 Å². The minimum Gasteiger partial charge on any atom is -0.486 e. The minimum atomic E-state index is -0.236. The number of aromatic nitrogens is 2. The van der Waals surface area contributed by atoms with Crippen LogP contribution in [0.5, 0.6) is 11.5 Å². The Hall–Kier alpha value is -2.54. The largest absolute Gasteiger partial charge is 0.486 e. The summed E-state index contributed by atoms with van der Waals surface area (Å²) in [6, 6.07) is 6.94. The van der Waals surface area contributed by atoms with Gasteiger partial charge in [0.15, 0.2) is 17.3 Å². The van der Waals surface area contributed by atoms with Crippen LogP contribution in [0.1, 0.15) is 16.1 Å². The zero-order valence-corrected chi connectivity index (χ0v) is 12.5. The maximum Gasteiger partial charge on any atom is 0.257 e. The van der Waals surface area contributed by atoms with Gasteiger partial charge >= 0.3 is 0 Å². The van der Waals surface area contributed by atoms with E-state index in [0.29, 0.717) is 36.1 Å². The highest BCUT2D eigenvalue weighted by Crippen LogP contribution is 2.30. The summed E-state index contributed by atoms with van der Waals surface area (Å²) >= 11 is 0. The predicted octanol–water partition coefficient (Wildman–Crippen LogP) is 1.49. The number of nitrogens with one attached hydrogen (secondary N) is 2. The highest BCUT2D eigenvalue weighted by molar-refractivity contribution is 6.04. The first-order chi connectivity index (χ1) is 10.6. The number of ether oxygens (including phenoxy) is 2. The summed E-state index contributed by atoms with van der Waals surface area (Å²) < 4.78 is 10.9. The molecule has 7 nitrogen and oxygen atoms in total. The Morgan fingerprint density at radius 2 is 2.05 bits per heavy atom. The second-order valence-electron chi connectivity index (χ2n) is 5.33. The second kappa shape index (κ2) is 6.07. The average Bonchev–Trinajstić information content (AvgIpc) is 2.93. The number of rotatable bonds is 4. The highest BCUT2D eigenvalue weighted by atomic mass is 16.6. The Balaban J connectivity index is 1.70. The Morgan fingerprint density at radius 1 is 1.27 bits per heavy atom. The number of aromatic amines is 1. The van der Waals surface area contributed by atoms with Crippen molar-refractivity contribution in [2.45, 2.75) is 6.54 Å². The number of fused-ring (bicyclic) bond motifs is 1. The van der Waals surface area contributed by atoms with Crippen molar-refractivity contribution in [2.24, 2.45) is 0 Å². The molecule has 1 aromatic heterocycles. The number of carbonyl (C=O) groups is 1. The highest BCUT2D eigenvalue weighted by Gasteiger charge is 2.15. The fraction of sp³-hybridized carbons (Fsp3) is 0.333. The molecule has 1 aliphatic heterocycles. The first-order valence-corrected chi connectivity index (χ1v) is 7.02. The lowest BCUT2D eigenvalue weighted by Gasteiger charge is -2.18. The minimum absolute atomic E-state index is 0.236. The van der Waals surface area contributed by atoms with E-state index in [9.17, 15) is 4.79 Å². The summed E-state index contributed by atoms with van der Waals surface area (Å²) in [5, 5.41) is 9.74. The number of H-pyrrole nitrogens is 1. The molecule has 3 rings (SSSR count). The van der Waals surface area contributed by atoms with Crippen LogP contribution >= 0.6 is 0 Å². The zero-order chi connectivity index (χ0) is 15.5. The number of benzene rings is 1. The summed E-state index contributed by atoms with van der Waals surface area (Å²) in [5.41, 5.74) is 1.43. The molecule has 0 unspecified atom stereocenters. The molecule has 7 heteroatoms. The predicted molar refractivity (Wildman–Crippen MR) is 81.4 cm³/mol. The van der Waals surface area contributed by atoms with E-state index in [1.54, 1.807) is 18.2 Å². The Kier molecular flexibility index (Phi) is 3.97. The topological polar surface area (TPSA) is 79.5 Å². The first kappa shape index (κ1) is 14.4. The summed E-state index contributed by atoms with van der Waals surface area (Å²) in [7, 11) is 3.93. The fourth-order valence-electron chi connectivity index (χ4n) is 2.22. The zero-order valence-electron chi connectivity index (χ0n) is 12.5. The van der Waals surface area contributed by atoms with Crippen LogP contribution in [0.25, 0.3) is 0 Å². The SMILES string of the molecule is CN(C)Cc1cc(NC(=O)c2ccc3c(c2)OCCO3)n[nH]1. The van der Waals surface area contributed by atoms with Crippen LogP contribution in [0, 0.1) is 0 Å². The Bertz CT molecular complexity index is 681. The molecule has 2 heterocycles. The van der Waals surface area contributed by atoms with E-state index < -0.39 is 0 Å². The number of nitrogens with zero attached hydrogens (tertiary/aromatic N) is 2. The molecular formula is C15H18N4O3. The summed E-state index contributed by atoms with van der Waals surface area (Å²) in [5.74, 6) is 1.52. The lowest BCUT2D eigenvalue weighted by atomic mass is 10.2. The van der Waals surface area contributed by atoms with E-state index in [1.165, 1.54) is 0 Å². The van der Waals surface area contributed by atoms with E-state index in [4.69, 9.17) is 9.47 Å². The molecule has 1 aromatic carbocycles. The standard InChI is InChI=1S/C15H18N4O3/c1-19(2)9-11-8-14(18-17-11)16-15(20)10-3-4-12-13(7-10)22-6-5-21-12/h3-4,7-8H,5-6,9H2,1-2H3,(H2,16,17,18,20). The molecule has 22 heavy (non-hydrogen) atoms. The van der Waals surface area contributed by atoms with Gasteiger partial charge in [0, 0.05) is 18.2 Å². The normalized spacial score (nSPS) is 13.2. The average molecular weight is 302 g/mol. The molecule has 2 N–H and O–H groups in total. The maximum absolute atomic E-state index is 12.3. The van der Waals surface area contributed by atoms with Gasteiger partial charge in [0.25, 0.3) is 5.91 Å². The molecule has 0 fully saturated rings. The third kappa shape index (κ3) is 3.20. The lowest BCUT2D eigenvalue weighted by molar-refractivity contribution is 0.102. The van der Waals surface area contributed by atoms with Gasteiger partial charge in [-0.3, -0.25) is 9.89 Å². The van der Waals surface area contributed by atoms with Crippen molar-refractivity contribution < 1.29 is 14.3 Å². The van der Waals surface area contributed by atoms with Crippen molar-refractivity contribution in [3.8, 4) is 11.5 Å². The molecule has 0 saturated heterocycles. The molecule has 116 valence electrons. The number of carbonyl (C=O) groups excluding carboxylic acids is 1. The van der Waals surface area contributed by atoms with Gasteiger partial charge in [0.2, 0.25) is 0 Å². The van der Waals surface area contributed by atoms with E-state index in [1.807, 2.05) is 25.1 Å². The number of hydrogen-bond donors (Lipinski definition) is 2. The molecule has 0 saturated carbocycles. The molecule has 0 aliphatic carbocycles.